The third-order valence-electron chi connectivity index (χ3n) is 3.73. The van der Waals surface area contributed by atoms with Crippen molar-refractivity contribution in [3.8, 4) is 0 Å². The Labute approximate surface area is 117 Å². The summed E-state index contributed by atoms with van der Waals surface area (Å²) >= 11 is 0. The molecule has 1 heterocycles. The second kappa shape index (κ2) is 5.58. The van der Waals surface area contributed by atoms with Crippen LogP contribution in [0.2, 0.25) is 0 Å². The van der Waals surface area contributed by atoms with Crippen LogP contribution in [0.3, 0.4) is 0 Å². The zero-order valence-corrected chi connectivity index (χ0v) is 11.4. The van der Waals surface area contributed by atoms with E-state index in [1.54, 1.807) is 0 Å². The highest BCUT2D eigenvalue weighted by Gasteiger charge is 2.37. The van der Waals surface area contributed by atoms with Crippen molar-refractivity contribution in [1.29, 1.82) is 0 Å². The van der Waals surface area contributed by atoms with Crippen molar-refractivity contribution >= 4 is 17.6 Å². The Morgan fingerprint density at radius 1 is 1.50 bits per heavy atom. The topological polar surface area (TPSA) is 105 Å². The van der Waals surface area contributed by atoms with Crippen molar-refractivity contribution in [2.24, 2.45) is 11.7 Å². The molecule has 1 amide bonds. The number of nitrogens with two attached hydrogens (primary N) is 1. The molecule has 108 valence electrons. The molecule has 20 heavy (non-hydrogen) atoms. The standard InChI is InChI=1S/C14H19N3O3/c1-9-3-2-4-14(15,6-9)13(20)17-11-5-10(12(18)19)7-16-8-11/h5,7-9H,2-4,6,15H2,1H3,(H,17,20)(H,18,19). The van der Waals surface area contributed by atoms with Gasteiger partial charge in [0, 0.05) is 6.20 Å². The minimum absolute atomic E-state index is 0.0332. The molecule has 1 aliphatic rings. The third kappa shape index (κ3) is 3.14. The molecule has 0 bridgehead atoms. The smallest absolute Gasteiger partial charge is 0.337 e. The fraction of sp³-hybridized carbons (Fsp3) is 0.500. The van der Waals surface area contributed by atoms with Gasteiger partial charge in [0.15, 0.2) is 0 Å². The second-order valence-corrected chi connectivity index (χ2v) is 5.58. The van der Waals surface area contributed by atoms with Gasteiger partial charge >= 0.3 is 5.97 Å². The van der Waals surface area contributed by atoms with E-state index in [0.717, 1.165) is 12.8 Å². The van der Waals surface area contributed by atoms with Gasteiger partial charge in [0.25, 0.3) is 0 Å². The first-order valence-corrected chi connectivity index (χ1v) is 6.69. The Morgan fingerprint density at radius 2 is 2.25 bits per heavy atom. The summed E-state index contributed by atoms with van der Waals surface area (Å²) in [7, 11) is 0. The van der Waals surface area contributed by atoms with Gasteiger partial charge in [-0.25, -0.2) is 4.79 Å². The molecule has 2 rings (SSSR count). The highest BCUT2D eigenvalue weighted by Crippen LogP contribution is 2.31. The molecule has 0 spiro atoms. The van der Waals surface area contributed by atoms with E-state index in [1.165, 1.54) is 18.5 Å². The van der Waals surface area contributed by atoms with Crippen LogP contribution in [-0.4, -0.2) is 27.5 Å². The summed E-state index contributed by atoms with van der Waals surface area (Å²) in [6.07, 6.45) is 5.96. The van der Waals surface area contributed by atoms with Crippen molar-refractivity contribution in [3.05, 3.63) is 24.0 Å². The lowest BCUT2D eigenvalue weighted by atomic mass is 9.76. The molecule has 2 atom stereocenters. The number of carboxylic acid groups (broad SMARTS) is 1. The van der Waals surface area contributed by atoms with Gasteiger partial charge in [-0.15, -0.1) is 0 Å². The SMILES string of the molecule is CC1CCCC(N)(C(=O)Nc2cncc(C(=O)O)c2)C1. The first-order valence-electron chi connectivity index (χ1n) is 6.69. The Kier molecular flexibility index (Phi) is 4.04. The summed E-state index contributed by atoms with van der Waals surface area (Å²) < 4.78 is 0. The Hall–Kier alpha value is -1.95. The van der Waals surface area contributed by atoms with Crippen LogP contribution in [0.5, 0.6) is 0 Å². The number of hydrogen-bond donors (Lipinski definition) is 3. The largest absolute Gasteiger partial charge is 0.478 e. The highest BCUT2D eigenvalue weighted by atomic mass is 16.4. The number of carbonyl (C=O) groups excluding carboxylic acids is 1. The summed E-state index contributed by atoms with van der Waals surface area (Å²) in [6, 6.07) is 1.38. The van der Waals surface area contributed by atoms with Crippen molar-refractivity contribution in [3.63, 3.8) is 0 Å². The molecule has 0 aromatic carbocycles. The van der Waals surface area contributed by atoms with E-state index in [1.807, 2.05) is 0 Å². The normalized spacial score (nSPS) is 26.0. The lowest BCUT2D eigenvalue weighted by molar-refractivity contribution is -0.122. The number of rotatable bonds is 3. The monoisotopic (exact) mass is 277 g/mol. The summed E-state index contributed by atoms with van der Waals surface area (Å²) in [5, 5.41) is 11.6. The number of pyridine rings is 1. The van der Waals surface area contributed by atoms with Crippen LogP contribution in [0.4, 0.5) is 5.69 Å². The number of aromatic nitrogens is 1. The molecule has 0 saturated heterocycles. The fourth-order valence-corrected chi connectivity index (χ4v) is 2.68. The summed E-state index contributed by atoms with van der Waals surface area (Å²) in [4.78, 5) is 27.0. The molecule has 6 nitrogen and oxygen atoms in total. The van der Waals surface area contributed by atoms with Crippen molar-refractivity contribution < 1.29 is 14.7 Å². The highest BCUT2D eigenvalue weighted by molar-refractivity contribution is 5.99. The van der Waals surface area contributed by atoms with Crippen molar-refractivity contribution in [1.82, 2.24) is 4.98 Å². The van der Waals surface area contributed by atoms with Gasteiger partial charge in [-0.1, -0.05) is 19.8 Å². The Balaban J connectivity index is 2.11. The van der Waals surface area contributed by atoms with Crippen LogP contribution in [0.25, 0.3) is 0 Å². The predicted molar refractivity (Wildman–Crippen MR) is 74.4 cm³/mol. The second-order valence-electron chi connectivity index (χ2n) is 5.58. The molecule has 2 unspecified atom stereocenters. The van der Waals surface area contributed by atoms with E-state index in [4.69, 9.17) is 10.8 Å². The molecule has 4 N–H and O–H groups in total. The quantitative estimate of drug-likeness (QED) is 0.778. The number of hydrogen-bond acceptors (Lipinski definition) is 4. The van der Waals surface area contributed by atoms with E-state index in [-0.39, 0.29) is 11.5 Å². The maximum atomic E-state index is 12.3. The first kappa shape index (κ1) is 14.5. The molecule has 6 heteroatoms. The Bertz CT molecular complexity index is 532. The maximum Gasteiger partial charge on any atom is 0.337 e. The van der Waals surface area contributed by atoms with E-state index >= 15 is 0 Å². The predicted octanol–water partition coefficient (Wildman–Crippen LogP) is 1.63. The molecule has 0 radical (unpaired) electrons. The van der Waals surface area contributed by atoms with E-state index < -0.39 is 11.5 Å². The van der Waals surface area contributed by atoms with Gasteiger partial charge in [0.05, 0.1) is 23.0 Å². The number of nitrogens with one attached hydrogen (secondary N) is 1. The van der Waals surface area contributed by atoms with Crippen molar-refractivity contribution in [2.45, 2.75) is 38.1 Å². The lowest BCUT2D eigenvalue weighted by Gasteiger charge is -2.35. The number of carbonyl (C=O) groups is 2. The van der Waals surface area contributed by atoms with Crippen LogP contribution < -0.4 is 11.1 Å². The zero-order chi connectivity index (χ0) is 14.8. The van der Waals surface area contributed by atoms with Crippen molar-refractivity contribution in [2.75, 3.05) is 5.32 Å². The summed E-state index contributed by atoms with van der Waals surface area (Å²) in [6.45, 7) is 2.08. The average Bonchev–Trinajstić information content (AvgIpc) is 2.38. The molecule has 1 fully saturated rings. The molecule has 0 aliphatic heterocycles. The molecular formula is C14H19N3O3. The molecule has 1 aromatic heterocycles. The minimum Gasteiger partial charge on any atom is -0.478 e. The number of amides is 1. The number of nitrogens with zero attached hydrogens (tertiary/aromatic N) is 1. The summed E-state index contributed by atoms with van der Waals surface area (Å²) in [5.74, 6) is -0.932. The minimum atomic E-state index is -1.08. The van der Waals surface area contributed by atoms with Gasteiger partial charge in [-0.2, -0.15) is 0 Å². The average molecular weight is 277 g/mol. The molecule has 1 aromatic rings. The van der Waals surface area contributed by atoms with Crippen LogP contribution >= 0.6 is 0 Å². The van der Waals surface area contributed by atoms with Gasteiger partial charge in [-0.3, -0.25) is 9.78 Å². The Morgan fingerprint density at radius 3 is 2.90 bits per heavy atom. The number of anilines is 1. The molecular weight excluding hydrogens is 258 g/mol. The van der Waals surface area contributed by atoms with Crippen LogP contribution in [0, 0.1) is 5.92 Å². The van der Waals surface area contributed by atoms with Gasteiger partial charge in [-0.05, 0) is 24.8 Å². The summed E-state index contributed by atoms with van der Waals surface area (Å²) in [5.41, 5.74) is 5.70. The molecule has 1 saturated carbocycles. The molecule has 1 aliphatic carbocycles. The van der Waals surface area contributed by atoms with Gasteiger partial charge in [0.1, 0.15) is 0 Å². The first-order chi connectivity index (χ1) is 9.40. The fourth-order valence-electron chi connectivity index (χ4n) is 2.68. The maximum absolute atomic E-state index is 12.3. The lowest BCUT2D eigenvalue weighted by Crippen LogP contribution is -2.53. The zero-order valence-electron chi connectivity index (χ0n) is 11.4. The van der Waals surface area contributed by atoms with Crippen LogP contribution in [-0.2, 0) is 4.79 Å². The number of carboxylic acids is 1. The van der Waals surface area contributed by atoms with Gasteiger partial charge in [0.2, 0.25) is 5.91 Å². The van der Waals surface area contributed by atoms with E-state index in [9.17, 15) is 9.59 Å². The van der Waals surface area contributed by atoms with Crippen LogP contribution in [0.15, 0.2) is 18.5 Å². The number of aromatic carboxylic acids is 1. The third-order valence-corrected chi connectivity index (χ3v) is 3.73. The van der Waals surface area contributed by atoms with E-state index in [2.05, 4.69) is 17.2 Å². The van der Waals surface area contributed by atoms with Gasteiger partial charge < -0.3 is 16.2 Å². The van der Waals surface area contributed by atoms with E-state index in [0.29, 0.717) is 24.4 Å². The van der Waals surface area contributed by atoms with Crippen LogP contribution in [0.1, 0.15) is 43.0 Å².